The molecule has 2 N–H and O–H groups in total. The second-order valence-corrected chi connectivity index (χ2v) is 8.58. The first kappa shape index (κ1) is 22.5. The van der Waals surface area contributed by atoms with Crippen molar-refractivity contribution < 1.29 is 23.8 Å². The van der Waals surface area contributed by atoms with E-state index in [4.69, 9.17) is 9.84 Å². The van der Waals surface area contributed by atoms with Crippen molar-refractivity contribution in [3.05, 3.63) is 47.5 Å². The van der Waals surface area contributed by atoms with Crippen LogP contribution in [0.1, 0.15) is 50.2 Å². The molecule has 0 saturated carbocycles. The van der Waals surface area contributed by atoms with Crippen molar-refractivity contribution in [1.82, 2.24) is 15.2 Å². The van der Waals surface area contributed by atoms with Crippen LogP contribution in [0.3, 0.4) is 0 Å². The second kappa shape index (κ2) is 8.91. The molecule has 2 heterocycles. The van der Waals surface area contributed by atoms with Gasteiger partial charge in [0.25, 0.3) is 5.91 Å². The molecule has 8 heteroatoms. The maximum Gasteiger partial charge on any atom is 0.405 e. The molecule has 0 unspecified atom stereocenters. The molecule has 166 valence electrons. The zero-order chi connectivity index (χ0) is 22.8. The number of benzene rings is 1. The van der Waals surface area contributed by atoms with E-state index in [9.17, 15) is 14.0 Å². The Kier molecular flexibility index (Phi) is 6.48. The molecule has 0 spiro atoms. The minimum absolute atomic E-state index is 0.00189. The fourth-order valence-electron chi connectivity index (χ4n) is 4.06. The number of hydrogen-bond acceptors (Lipinski definition) is 4. The van der Waals surface area contributed by atoms with Gasteiger partial charge in [0.2, 0.25) is 0 Å². The predicted molar refractivity (Wildman–Crippen MR) is 115 cm³/mol. The third-order valence-electron chi connectivity index (χ3n) is 5.32. The molecule has 0 radical (unpaired) electrons. The summed E-state index contributed by atoms with van der Waals surface area (Å²) in [6, 6.07) is 6.39. The van der Waals surface area contributed by atoms with Crippen molar-refractivity contribution in [2.24, 2.45) is 5.92 Å². The van der Waals surface area contributed by atoms with Crippen molar-refractivity contribution in [3.63, 3.8) is 0 Å². The number of carboxylic acid groups (broad SMARTS) is 1. The normalized spacial score (nSPS) is 14.4. The number of nitrogens with zero attached hydrogens (tertiary/aromatic N) is 2. The van der Waals surface area contributed by atoms with Crippen molar-refractivity contribution in [3.8, 4) is 16.9 Å². The second-order valence-electron chi connectivity index (χ2n) is 8.58. The highest BCUT2D eigenvalue weighted by Gasteiger charge is 2.30. The molecule has 0 aliphatic carbocycles. The molecule has 31 heavy (non-hydrogen) atoms. The van der Waals surface area contributed by atoms with Gasteiger partial charge < -0.3 is 20.1 Å². The predicted octanol–water partition coefficient (Wildman–Crippen LogP) is 4.31. The Labute approximate surface area is 181 Å². The van der Waals surface area contributed by atoms with Crippen LogP contribution in [-0.4, -0.2) is 45.7 Å². The zero-order valence-corrected chi connectivity index (χ0v) is 18.2. The molecule has 0 saturated heterocycles. The summed E-state index contributed by atoms with van der Waals surface area (Å²) >= 11 is 0. The van der Waals surface area contributed by atoms with Gasteiger partial charge >= 0.3 is 6.09 Å². The summed E-state index contributed by atoms with van der Waals surface area (Å²) in [6.07, 6.45) is 1.10. The minimum atomic E-state index is -1.08. The molecule has 1 aromatic heterocycles. The molecular formula is C23H28FN3O4. The van der Waals surface area contributed by atoms with Crippen LogP contribution >= 0.6 is 0 Å². The van der Waals surface area contributed by atoms with E-state index in [2.05, 4.69) is 10.3 Å². The first-order chi connectivity index (χ1) is 14.6. The molecule has 2 aromatic rings. The Morgan fingerprint density at radius 2 is 2.13 bits per heavy atom. The highest BCUT2D eigenvalue weighted by Crippen LogP contribution is 2.33. The van der Waals surface area contributed by atoms with E-state index >= 15 is 0 Å². The number of rotatable bonds is 8. The molecule has 7 nitrogen and oxygen atoms in total. The van der Waals surface area contributed by atoms with E-state index in [1.165, 1.54) is 6.07 Å². The van der Waals surface area contributed by atoms with Gasteiger partial charge in [-0.05, 0) is 62.4 Å². The van der Waals surface area contributed by atoms with Crippen LogP contribution in [0, 0.1) is 11.7 Å². The van der Waals surface area contributed by atoms with Crippen LogP contribution in [0.5, 0.6) is 5.75 Å². The van der Waals surface area contributed by atoms with Crippen LogP contribution in [-0.2, 0) is 6.54 Å². The van der Waals surface area contributed by atoms with E-state index in [0.717, 1.165) is 0 Å². The van der Waals surface area contributed by atoms with Gasteiger partial charge in [-0.25, -0.2) is 9.18 Å². The van der Waals surface area contributed by atoms with Gasteiger partial charge in [-0.3, -0.25) is 9.78 Å². The Bertz CT molecular complexity index is 993. The van der Waals surface area contributed by atoms with Crippen LogP contribution in [0.15, 0.2) is 30.5 Å². The number of ether oxygens (including phenoxy) is 1. The number of carbonyl (C=O) groups is 2. The van der Waals surface area contributed by atoms with Crippen molar-refractivity contribution in [2.45, 2.75) is 46.2 Å². The SMILES string of the molecule is CCN1Cc2nccc(-c3ccc(OC[C@@H](C)CC(C)(C)NC(=O)O)c(F)c3)c2C1=O. The number of nitrogens with one attached hydrogen (secondary N) is 1. The lowest BCUT2D eigenvalue weighted by atomic mass is 9.92. The molecule has 1 aliphatic rings. The van der Waals surface area contributed by atoms with E-state index in [-0.39, 0.29) is 24.2 Å². The van der Waals surface area contributed by atoms with Crippen LogP contribution in [0.2, 0.25) is 0 Å². The molecule has 0 fully saturated rings. The molecule has 3 rings (SSSR count). The summed E-state index contributed by atoms with van der Waals surface area (Å²) in [7, 11) is 0. The molecule has 0 bridgehead atoms. The highest BCUT2D eigenvalue weighted by atomic mass is 19.1. The Hall–Kier alpha value is -3.16. The zero-order valence-electron chi connectivity index (χ0n) is 18.2. The van der Waals surface area contributed by atoms with Crippen molar-refractivity contribution >= 4 is 12.0 Å². The number of carbonyl (C=O) groups excluding carboxylic acids is 1. The van der Waals surface area contributed by atoms with Gasteiger partial charge in [-0.1, -0.05) is 13.0 Å². The number of pyridine rings is 1. The van der Waals surface area contributed by atoms with E-state index in [1.54, 1.807) is 43.1 Å². The summed E-state index contributed by atoms with van der Waals surface area (Å²) in [5.41, 5.74) is 1.87. The number of halogens is 1. The standard InChI is InChI=1S/C23H28FN3O4/c1-5-27-12-18-20(21(27)28)16(8-9-25-18)15-6-7-19(17(24)10-15)31-13-14(2)11-23(3,4)26-22(29)30/h6-10,14,26H,5,11-13H2,1-4H3,(H,29,30)/t14-/m0/s1. The summed E-state index contributed by atoms with van der Waals surface area (Å²) in [5, 5.41) is 11.4. The molecule has 1 aliphatic heterocycles. The van der Waals surface area contributed by atoms with E-state index < -0.39 is 17.4 Å². The van der Waals surface area contributed by atoms with E-state index in [0.29, 0.717) is 41.9 Å². The van der Waals surface area contributed by atoms with Gasteiger partial charge in [0, 0.05) is 18.3 Å². The maximum atomic E-state index is 14.8. The van der Waals surface area contributed by atoms with Gasteiger partial charge in [-0.2, -0.15) is 0 Å². The third-order valence-corrected chi connectivity index (χ3v) is 5.32. The average molecular weight is 429 g/mol. The fraction of sp³-hybridized carbons (Fsp3) is 0.435. The first-order valence-electron chi connectivity index (χ1n) is 10.3. The lowest BCUT2D eigenvalue weighted by Gasteiger charge is -2.28. The smallest absolute Gasteiger partial charge is 0.405 e. The average Bonchev–Trinajstić information content (AvgIpc) is 3.01. The molecular weight excluding hydrogens is 401 g/mol. The maximum absolute atomic E-state index is 14.8. The lowest BCUT2D eigenvalue weighted by Crippen LogP contribution is -2.44. The summed E-state index contributed by atoms with van der Waals surface area (Å²) < 4.78 is 20.4. The lowest BCUT2D eigenvalue weighted by molar-refractivity contribution is 0.0787. The van der Waals surface area contributed by atoms with Crippen molar-refractivity contribution in [1.29, 1.82) is 0 Å². The first-order valence-corrected chi connectivity index (χ1v) is 10.3. The topological polar surface area (TPSA) is 91.8 Å². The minimum Gasteiger partial charge on any atom is -0.490 e. The Morgan fingerprint density at radius 3 is 2.77 bits per heavy atom. The van der Waals surface area contributed by atoms with Gasteiger partial charge in [0.05, 0.1) is 24.4 Å². The Balaban J connectivity index is 1.72. The van der Waals surface area contributed by atoms with Gasteiger partial charge in [0.15, 0.2) is 11.6 Å². The van der Waals surface area contributed by atoms with Crippen LogP contribution < -0.4 is 10.1 Å². The summed E-state index contributed by atoms with van der Waals surface area (Å²) in [6.45, 7) is 8.72. The summed E-state index contributed by atoms with van der Waals surface area (Å²) in [4.78, 5) is 29.5. The van der Waals surface area contributed by atoms with Crippen molar-refractivity contribution in [2.75, 3.05) is 13.2 Å². The largest absolute Gasteiger partial charge is 0.490 e. The van der Waals surface area contributed by atoms with E-state index in [1.807, 2.05) is 13.8 Å². The van der Waals surface area contributed by atoms with Crippen LogP contribution in [0.4, 0.5) is 9.18 Å². The van der Waals surface area contributed by atoms with Gasteiger partial charge in [-0.15, -0.1) is 0 Å². The van der Waals surface area contributed by atoms with Gasteiger partial charge in [0.1, 0.15) is 0 Å². The summed E-state index contributed by atoms with van der Waals surface area (Å²) in [5.74, 6) is -0.488. The highest BCUT2D eigenvalue weighted by molar-refractivity contribution is 6.04. The Morgan fingerprint density at radius 1 is 1.39 bits per heavy atom. The fourth-order valence-corrected chi connectivity index (χ4v) is 4.06. The molecule has 2 amide bonds. The molecule has 1 atom stereocenters. The quantitative estimate of drug-likeness (QED) is 0.652. The number of hydrogen-bond donors (Lipinski definition) is 2. The van der Waals surface area contributed by atoms with Crippen LogP contribution in [0.25, 0.3) is 11.1 Å². The number of amides is 2. The number of fused-ring (bicyclic) bond motifs is 1. The monoisotopic (exact) mass is 429 g/mol. The number of aromatic nitrogens is 1. The third kappa shape index (κ3) is 5.13. The molecule has 1 aromatic carbocycles.